The summed E-state index contributed by atoms with van der Waals surface area (Å²) in [5.41, 5.74) is 0. The smallest absolute Gasteiger partial charge is 0.307 e. The number of carbonyl (C=O) groups is 2. The monoisotopic (exact) mass is 388 g/mol. The maximum Gasteiger partial charge on any atom is 0.307 e. The molecule has 0 aliphatic heterocycles. The van der Waals surface area contributed by atoms with Crippen molar-refractivity contribution in [1.82, 2.24) is 10.0 Å². The summed E-state index contributed by atoms with van der Waals surface area (Å²) in [4.78, 5) is 23.8. The standard InChI is InChI=1S/C16H24N2O5S2/c1-12(16(20)18-13-6-3-2-4-7-13)23-14(19)9-10-17-25(21,22)15-8-5-11-24-15/h5,8,11-13,17H,2-4,6-7,9-10H2,1H3,(H,18,20)/t12-/m1/s1. The molecular formula is C16H24N2O5S2. The van der Waals surface area contributed by atoms with Crippen molar-refractivity contribution in [3.8, 4) is 0 Å². The Morgan fingerprint density at radius 1 is 1.32 bits per heavy atom. The van der Waals surface area contributed by atoms with Crippen LogP contribution in [0.15, 0.2) is 21.7 Å². The number of carbonyl (C=O) groups excluding carboxylic acids is 2. The second-order valence-corrected chi connectivity index (χ2v) is 9.00. The summed E-state index contributed by atoms with van der Waals surface area (Å²) in [6.45, 7) is 1.45. The Hall–Kier alpha value is -1.45. The van der Waals surface area contributed by atoms with Gasteiger partial charge in [0, 0.05) is 12.6 Å². The Morgan fingerprint density at radius 3 is 2.68 bits per heavy atom. The molecule has 0 unspecified atom stereocenters. The van der Waals surface area contributed by atoms with Crippen LogP contribution in [0.4, 0.5) is 0 Å². The highest BCUT2D eigenvalue weighted by Crippen LogP contribution is 2.17. The van der Waals surface area contributed by atoms with Crippen molar-refractivity contribution in [2.45, 2.75) is 61.8 Å². The van der Waals surface area contributed by atoms with Gasteiger partial charge in [-0.2, -0.15) is 0 Å². The number of nitrogens with one attached hydrogen (secondary N) is 2. The van der Waals surface area contributed by atoms with Crippen molar-refractivity contribution < 1.29 is 22.7 Å². The number of rotatable bonds is 8. The molecule has 25 heavy (non-hydrogen) atoms. The van der Waals surface area contributed by atoms with E-state index >= 15 is 0 Å². The average Bonchev–Trinajstić information content (AvgIpc) is 3.11. The predicted octanol–water partition coefficient (Wildman–Crippen LogP) is 1.80. The topological polar surface area (TPSA) is 102 Å². The third-order valence-corrected chi connectivity index (χ3v) is 6.87. The van der Waals surface area contributed by atoms with Gasteiger partial charge in [-0.25, -0.2) is 13.1 Å². The van der Waals surface area contributed by atoms with E-state index in [2.05, 4.69) is 10.0 Å². The van der Waals surface area contributed by atoms with Gasteiger partial charge < -0.3 is 10.1 Å². The lowest BCUT2D eigenvalue weighted by atomic mass is 9.95. The molecule has 0 radical (unpaired) electrons. The van der Waals surface area contributed by atoms with Crippen LogP contribution in [0.5, 0.6) is 0 Å². The van der Waals surface area contributed by atoms with Crippen LogP contribution in [0.3, 0.4) is 0 Å². The van der Waals surface area contributed by atoms with Crippen LogP contribution in [0.2, 0.25) is 0 Å². The van der Waals surface area contributed by atoms with E-state index in [1.54, 1.807) is 11.4 Å². The SMILES string of the molecule is C[C@@H](OC(=O)CCNS(=O)(=O)c1cccs1)C(=O)NC1CCCCC1. The molecule has 140 valence electrons. The molecule has 1 aliphatic rings. The molecule has 1 atom stereocenters. The number of hydrogen-bond donors (Lipinski definition) is 2. The average molecular weight is 389 g/mol. The van der Waals surface area contributed by atoms with Gasteiger partial charge in [0.2, 0.25) is 10.0 Å². The summed E-state index contributed by atoms with van der Waals surface area (Å²) >= 11 is 1.10. The molecule has 1 aromatic rings. The van der Waals surface area contributed by atoms with Crippen LogP contribution in [0.25, 0.3) is 0 Å². The minimum Gasteiger partial charge on any atom is -0.453 e. The van der Waals surface area contributed by atoms with Crippen molar-refractivity contribution in [3.05, 3.63) is 17.5 Å². The lowest BCUT2D eigenvalue weighted by molar-refractivity contribution is -0.155. The minimum atomic E-state index is -3.60. The molecule has 1 fully saturated rings. The van der Waals surface area contributed by atoms with Gasteiger partial charge in [-0.1, -0.05) is 25.3 Å². The highest BCUT2D eigenvalue weighted by molar-refractivity contribution is 7.91. The van der Waals surface area contributed by atoms with Gasteiger partial charge in [0.1, 0.15) is 4.21 Å². The molecule has 1 saturated carbocycles. The minimum absolute atomic E-state index is 0.0734. The fraction of sp³-hybridized carbons (Fsp3) is 0.625. The van der Waals surface area contributed by atoms with E-state index in [9.17, 15) is 18.0 Å². The first-order chi connectivity index (χ1) is 11.9. The zero-order valence-electron chi connectivity index (χ0n) is 14.2. The Labute approximate surface area is 152 Å². The van der Waals surface area contributed by atoms with Crippen LogP contribution in [-0.2, 0) is 24.3 Å². The maximum atomic E-state index is 12.0. The first kappa shape index (κ1) is 19.9. The number of sulfonamides is 1. The first-order valence-electron chi connectivity index (χ1n) is 8.41. The summed E-state index contributed by atoms with van der Waals surface area (Å²) in [5.74, 6) is -0.917. The van der Waals surface area contributed by atoms with Crippen molar-refractivity contribution in [2.75, 3.05) is 6.54 Å². The number of ether oxygens (including phenoxy) is 1. The van der Waals surface area contributed by atoms with Crippen LogP contribution >= 0.6 is 11.3 Å². The summed E-state index contributed by atoms with van der Waals surface area (Å²) in [6, 6.07) is 3.28. The molecule has 0 spiro atoms. The number of hydrogen-bond acceptors (Lipinski definition) is 6. The molecule has 2 N–H and O–H groups in total. The normalized spacial score (nSPS) is 17.0. The van der Waals surface area contributed by atoms with Crippen molar-refractivity contribution in [1.29, 1.82) is 0 Å². The van der Waals surface area contributed by atoms with Gasteiger partial charge in [0.25, 0.3) is 5.91 Å². The molecule has 1 aliphatic carbocycles. The zero-order valence-corrected chi connectivity index (χ0v) is 15.8. The molecular weight excluding hydrogens is 364 g/mol. The maximum absolute atomic E-state index is 12.0. The van der Waals surface area contributed by atoms with Gasteiger partial charge in [-0.15, -0.1) is 11.3 Å². The Kier molecular flexibility index (Phi) is 7.39. The lowest BCUT2D eigenvalue weighted by Crippen LogP contribution is -2.43. The van der Waals surface area contributed by atoms with Crippen molar-refractivity contribution in [3.63, 3.8) is 0 Å². The van der Waals surface area contributed by atoms with Crippen LogP contribution in [0.1, 0.15) is 45.4 Å². The van der Waals surface area contributed by atoms with Crippen LogP contribution < -0.4 is 10.0 Å². The molecule has 2 rings (SSSR count). The van der Waals surface area contributed by atoms with E-state index < -0.39 is 22.1 Å². The highest BCUT2D eigenvalue weighted by Gasteiger charge is 2.22. The van der Waals surface area contributed by atoms with Gasteiger partial charge in [0.05, 0.1) is 6.42 Å². The first-order valence-corrected chi connectivity index (χ1v) is 10.8. The summed E-state index contributed by atoms with van der Waals surface area (Å²) in [7, 11) is -3.60. The number of esters is 1. The van der Waals surface area contributed by atoms with E-state index in [4.69, 9.17) is 4.74 Å². The predicted molar refractivity (Wildman–Crippen MR) is 94.7 cm³/mol. The van der Waals surface area contributed by atoms with Crippen molar-refractivity contribution in [2.24, 2.45) is 0 Å². The van der Waals surface area contributed by atoms with Gasteiger partial charge in [0.15, 0.2) is 6.10 Å². The molecule has 7 nitrogen and oxygen atoms in total. The van der Waals surface area contributed by atoms with E-state index in [1.165, 1.54) is 19.4 Å². The summed E-state index contributed by atoms with van der Waals surface area (Å²) in [5, 5.41) is 4.56. The second kappa shape index (κ2) is 9.30. The molecule has 1 aromatic heterocycles. The lowest BCUT2D eigenvalue weighted by Gasteiger charge is -2.24. The fourth-order valence-corrected chi connectivity index (χ4v) is 4.72. The van der Waals surface area contributed by atoms with Gasteiger partial charge >= 0.3 is 5.97 Å². The number of amides is 1. The molecule has 0 bridgehead atoms. The van der Waals surface area contributed by atoms with E-state index in [-0.39, 0.29) is 29.1 Å². The quantitative estimate of drug-likeness (QED) is 0.661. The molecule has 1 heterocycles. The third kappa shape index (κ3) is 6.41. The third-order valence-electron chi connectivity index (χ3n) is 4.01. The summed E-state index contributed by atoms with van der Waals surface area (Å²) in [6.07, 6.45) is 4.29. The van der Waals surface area contributed by atoms with E-state index in [1.807, 2.05) is 0 Å². The Balaban J connectivity index is 1.69. The molecule has 0 aromatic carbocycles. The van der Waals surface area contributed by atoms with E-state index in [0.29, 0.717) is 0 Å². The molecule has 0 saturated heterocycles. The summed E-state index contributed by atoms with van der Waals surface area (Å²) < 4.78 is 31.4. The Morgan fingerprint density at radius 2 is 2.04 bits per heavy atom. The second-order valence-electron chi connectivity index (χ2n) is 6.06. The zero-order chi connectivity index (χ0) is 18.3. The largest absolute Gasteiger partial charge is 0.453 e. The Bertz CT molecular complexity index is 667. The fourth-order valence-electron chi connectivity index (χ4n) is 2.65. The molecule has 9 heteroatoms. The van der Waals surface area contributed by atoms with Gasteiger partial charge in [-0.05, 0) is 31.2 Å². The van der Waals surface area contributed by atoms with Crippen LogP contribution in [-0.4, -0.2) is 39.0 Å². The van der Waals surface area contributed by atoms with Crippen LogP contribution in [0, 0.1) is 0 Å². The number of thiophene rings is 1. The van der Waals surface area contributed by atoms with Crippen molar-refractivity contribution >= 4 is 33.2 Å². The molecule has 1 amide bonds. The van der Waals surface area contributed by atoms with E-state index in [0.717, 1.165) is 37.0 Å². The highest BCUT2D eigenvalue weighted by atomic mass is 32.2. The van der Waals surface area contributed by atoms with Gasteiger partial charge in [-0.3, -0.25) is 9.59 Å².